The van der Waals surface area contributed by atoms with Gasteiger partial charge in [-0.2, -0.15) is 4.31 Å². The Labute approximate surface area is 133 Å². The van der Waals surface area contributed by atoms with E-state index in [1.165, 1.54) is 28.6 Å². The Hall–Kier alpha value is -2.26. The summed E-state index contributed by atoms with van der Waals surface area (Å²) in [5, 5.41) is 9.73. The normalized spacial score (nSPS) is 15.7. The maximum atomic E-state index is 12.4. The molecule has 0 aliphatic carbocycles. The molecule has 1 aromatic heterocycles. The molecule has 1 fully saturated rings. The van der Waals surface area contributed by atoms with Crippen LogP contribution >= 0.6 is 0 Å². The largest absolute Gasteiger partial charge is 0.408 e. The average Bonchev–Trinajstić information content (AvgIpc) is 3.19. The molecule has 1 N–H and O–H groups in total. The van der Waals surface area contributed by atoms with Gasteiger partial charge in [-0.1, -0.05) is 5.10 Å². The molecule has 1 aromatic carbocycles. The number of anilines is 1. The monoisotopic (exact) mass is 336 g/mol. The first-order chi connectivity index (χ1) is 11.0. The number of nitrogens with one attached hydrogen (secondary N) is 1. The quantitative estimate of drug-likeness (QED) is 0.905. The Bertz CT molecular complexity index is 808. The highest BCUT2D eigenvalue weighted by Gasteiger charge is 2.27. The van der Waals surface area contributed by atoms with Gasteiger partial charge in [0.25, 0.3) is 5.91 Å². The van der Waals surface area contributed by atoms with Crippen molar-refractivity contribution in [3.05, 3.63) is 35.7 Å². The number of amides is 1. The Balaban J connectivity index is 1.75. The minimum atomic E-state index is -3.48. The van der Waals surface area contributed by atoms with E-state index in [0.717, 1.165) is 12.8 Å². The topological polar surface area (TPSA) is 105 Å². The van der Waals surface area contributed by atoms with Gasteiger partial charge in [-0.05, 0) is 37.1 Å². The fraction of sp³-hybridized carbons (Fsp3) is 0.357. The molecular weight excluding hydrogens is 320 g/mol. The Morgan fingerprint density at radius 3 is 2.39 bits per heavy atom. The highest BCUT2D eigenvalue weighted by atomic mass is 32.2. The molecule has 122 valence electrons. The van der Waals surface area contributed by atoms with Crippen molar-refractivity contribution in [2.75, 3.05) is 18.4 Å². The van der Waals surface area contributed by atoms with Crippen LogP contribution in [0.3, 0.4) is 0 Å². The molecule has 0 radical (unpaired) electrons. The average molecular weight is 336 g/mol. The number of rotatable bonds is 4. The van der Waals surface area contributed by atoms with Crippen molar-refractivity contribution in [2.45, 2.75) is 24.7 Å². The second kappa shape index (κ2) is 6.09. The third-order valence-corrected chi connectivity index (χ3v) is 5.48. The van der Waals surface area contributed by atoms with Crippen LogP contribution in [0.5, 0.6) is 0 Å². The molecule has 0 atom stereocenters. The minimum Gasteiger partial charge on any atom is -0.408 e. The minimum absolute atomic E-state index is 0.00117. The van der Waals surface area contributed by atoms with Gasteiger partial charge >= 0.3 is 6.01 Å². The van der Waals surface area contributed by atoms with Gasteiger partial charge in [0.15, 0.2) is 0 Å². The molecule has 0 unspecified atom stereocenters. The lowest BCUT2D eigenvalue weighted by atomic mass is 10.2. The SMILES string of the molecule is Cc1nnc(NC(=O)c2ccc(S(=O)(=O)N3CCCC3)cc2)o1. The fourth-order valence-electron chi connectivity index (χ4n) is 2.37. The van der Waals surface area contributed by atoms with Crippen LogP contribution in [0.1, 0.15) is 29.1 Å². The molecule has 1 aliphatic heterocycles. The second-order valence-corrected chi connectivity index (χ2v) is 7.15. The second-order valence-electron chi connectivity index (χ2n) is 5.22. The fourth-order valence-corrected chi connectivity index (χ4v) is 3.89. The van der Waals surface area contributed by atoms with Gasteiger partial charge in [0.05, 0.1) is 4.90 Å². The summed E-state index contributed by atoms with van der Waals surface area (Å²) >= 11 is 0. The van der Waals surface area contributed by atoms with E-state index >= 15 is 0 Å². The van der Waals surface area contributed by atoms with Gasteiger partial charge in [-0.15, -0.1) is 5.10 Å². The smallest absolute Gasteiger partial charge is 0.322 e. The Kier molecular flexibility index (Phi) is 4.14. The van der Waals surface area contributed by atoms with Crippen LogP contribution in [0.25, 0.3) is 0 Å². The van der Waals surface area contributed by atoms with Crippen LogP contribution in [-0.2, 0) is 10.0 Å². The third kappa shape index (κ3) is 3.25. The summed E-state index contributed by atoms with van der Waals surface area (Å²) in [5.74, 6) is -0.105. The highest BCUT2D eigenvalue weighted by Crippen LogP contribution is 2.21. The molecule has 1 amide bonds. The summed E-state index contributed by atoms with van der Waals surface area (Å²) in [4.78, 5) is 12.2. The number of hydrogen-bond donors (Lipinski definition) is 1. The molecule has 8 nitrogen and oxygen atoms in total. The lowest BCUT2D eigenvalue weighted by Gasteiger charge is -2.15. The van der Waals surface area contributed by atoms with E-state index < -0.39 is 15.9 Å². The lowest BCUT2D eigenvalue weighted by Crippen LogP contribution is -2.27. The number of carbonyl (C=O) groups excluding carboxylic acids is 1. The molecule has 2 aromatic rings. The molecular formula is C14H16N4O4S. The summed E-state index contributed by atoms with van der Waals surface area (Å²) in [7, 11) is -3.48. The van der Waals surface area contributed by atoms with Gasteiger partial charge in [-0.3, -0.25) is 10.1 Å². The Morgan fingerprint density at radius 1 is 1.17 bits per heavy atom. The van der Waals surface area contributed by atoms with E-state index in [1.807, 2.05) is 0 Å². The molecule has 2 heterocycles. The zero-order valence-corrected chi connectivity index (χ0v) is 13.3. The van der Waals surface area contributed by atoms with Crippen molar-refractivity contribution in [1.82, 2.24) is 14.5 Å². The molecule has 0 spiro atoms. The molecule has 23 heavy (non-hydrogen) atoms. The highest BCUT2D eigenvalue weighted by molar-refractivity contribution is 7.89. The van der Waals surface area contributed by atoms with Crippen molar-refractivity contribution in [1.29, 1.82) is 0 Å². The maximum absolute atomic E-state index is 12.4. The van der Waals surface area contributed by atoms with E-state index in [9.17, 15) is 13.2 Å². The number of sulfonamides is 1. The van der Waals surface area contributed by atoms with Crippen LogP contribution in [0, 0.1) is 6.92 Å². The third-order valence-electron chi connectivity index (χ3n) is 3.57. The van der Waals surface area contributed by atoms with Gasteiger partial charge < -0.3 is 4.42 Å². The molecule has 1 aliphatic rings. The molecule has 9 heteroatoms. The first kappa shape index (κ1) is 15.6. The van der Waals surface area contributed by atoms with E-state index in [0.29, 0.717) is 24.5 Å². The van der Waals surface area contributed by atoms with Gasteiger partial charge in [0, 0.05) is 25.6 Å². The van der Waals surface area contributed by atoms with Crippen molar-refractivity contribution in [3.63, 3.8) is 0 Å². The van der Waals surface area contributed by atoms with Crippen LogP contribution in [0.15, 0.2) is 33.6 Å². The van der Waals surface area contributed by atoms with Gasteiger partial charge in [0.1, 0.15) is 0 Å². The number of hydrogen-bond acceptors (Lipinski definition) is 6. The number of nitrogens with zero attached hydrogens (tertiary/aromatic N) is 3. The van der Waals surface area contributed by atoms with Crippen LogP contribution in [0.2, 0.25) is 0 Å². The van der Waals surface area contributed by atoms with E-state index in [-0.39, 0.29) is 10.9 Å². The van der Waals surface area contributed by atoms with E-state index in [4.69, 9.17) is 4.42 Å². The molecule has 1 saturated heterocycles. The van der Waals surface area contributed by atoms with Gasteiger partial charge in [0.2, 0.25) is 15.9 Å². The number of benzene rings is 1. The Morgan fingerprint density at radius 2 is 1.83 bits per heavy atom. The summed E-state index contributed by atoms with van der Waals surface area (Å²) in [5.41, 5.74) is 0.307. The number of aromatic nitrogens is 2. The van der Waals surface area contributed by atoms with Crippen molar-refractivity contribution < 1.29 is 17.6 Å². The molecule has 3 rings (SSSR count). The molecule has 0 bridgehead atoms. The predicted molar refractivity (Wildman–Crippen MR) is 81.4 cm³/mol. The lowest BCUT2D eigenvalue weighted by molar-refractivity contribution is 0.102. The summed E-state index contributed by atoms with van der Waals surface area (Å²) in [6.07, 6.45) is 1.76. The maximum Gasteiger partial charge on any atom is 0.322 e. The first-order valence-corrected chi connectivity index (χ1v) is 8.62. The van der Waals surface area contributed by atoms with Crippen LogP contribution in [-0.4, -0.2) is 41.9 Å². The number of aryl methyl sites for hydroxylation is 1. The van der Waals surface area contributed by atoms with Crippen molar-refractivity contribution in [2.24, 2.45) is 0 Å². The zero-order chi connectivity index (χ0) is 16.4. The van der Waals surface area contributed by atoms with Gasteiger partial charge in [-0.25, -0.2) is 8.42 Å². The standard InChI is InChI=1S/C14H16N4O4S/c1-10-16-17-14(22-10)15-13(19)11-4-6-12(7-5-11)23(20,21)18-8-2-3-9-18/h4-7H,2-3,8-9H2,1H3,(H,15,17,19). The summed E-state index contributed by atoms with van der Waals surface area (Å²) in [6, 6.07) is 5.79. The summed E-state index contributed by atoms with van der Waals surface area (Å²) < 4.78 is 31.3. The van der Waals surface area contributed by atoms with E-state index in [2.05, 4.69) is 15.5 Å². The van der Waals surface area contributed by atoms with Crippen molar-refractivity contribution >= 4 is 21.9 Å². The van der Waals surface area contributed by atoms with Crippen molar-refractivity contribution in [3.8, 4) is 0 Å². The first-order valence-electron chi connectivity index (χ1n) is 7.18. The predicted octanol–water partition coefficient (Wildman–Crippen LogP) is 1.41. The molecule has 0 saturated carbocycles. The van der Waals surface area contributed by atoms with Crippen LogP contribution < -0.4 is 5.32 Å². The van der Waals surface area contributed by atoms with Crippen LogP contribution in [0.4, 0.5) is 6.01 Å². The summed E-state index contributed by atoms with van der Waals surface area (Å²) in [6.45, 7) is 2.70. The zero-order valence-electron chi connectivity index (χ0n) is 12.5. The van der Waals surface area contributed by atoms with E-state index in [1.54, 1.807) is 6.92 Å². The number of carbonyl (C=O) groups is 1.